The zero-order chi connectivity index (χ0) is 22.6. The SMILES string of the molecule is CNC(=O)c1ccccc1N1CCC(CNC(=O)C2(NC(=O)c3cncnc3)CC2)CC1. The van der Waals surface area contributed by atoms with Crippen molar-refractivity contribution in [3.63, 3.8) is 0 Å². The fourth-order valence-electron chi connectivity index (χ4n) is 4.10. The van der Waals surface area contributed by atoms with Crippen LogP contribution in [0.5, 0.6) is 0 Å². The molecule has 1 aromatic carbocycles. The second-order valence-electron chi connectivity index (χ2n) is 8.40. The van der Waals surface area contributed by atoms with Gasteiger partial charge >= 0.3 is 0 Å². The van der Waals surface area contributed by atoms with Gasteiger partial charge in [-0.25, -0.2) is 9.97 Å². The van der Waals surface area contributed by atoms with E-state index in [4.69, 9.17) is 0 Å². The molecule has 1 aliphatic carbocycles. The van der Waals surface area contributed by atoms with Gasteiger partial charge in [0.05, 0.1) is 11.1 Å². The molecular formula is C23H28N6O3. The zero-order valence-electron chi connectivity index (χ0n) is 18.1. The molecule has 9 nitrogen and oxygen atoms in total. The summed E-state index contributed by atoms with van der Waals surface area (Å²) >= 11 is 0. The number of aromatic nitrogens is 2. The average molecular weight is 437 g/mol. The molecule has 0 atom stereocenters. The van der Waals surface area contributed by atoms with Gasteiger partial charge in [0.2, 0.25) is 5.91 Å². The number of nitrogens with one attached hydrogen (secondary N) is 3. The van der Waals surface area contributed by atoms with Gasteiger partial charge in [0.25, 0.3) is 11.8 Å². The van der Waals surface area contributed by atoms with Crippen molar-refractivity contribution in [2.24, 2.45) is 5.92 Å². The van der Waals surface area contributed by atoms with Crippen molar-refractivity contribution in [1.82, 2.24) is 25.9 Å². The second-order valence-corrected chi connectivity index (χ2v) is 8.40. The van der Waals surface area contributed by atoms with E-state index in [1.54, 1.807) is 7.05 Å². The highest BCUT2D eigenvalue weighted by atomic mass is 16.2. The Bertz CT molecular complexity index is 984. The van der Waals surface area contributed by atoms with Crippen molar-refractivity contribution < 1.29 is 14.4 Å². The molecule has 2 aliphatic rings. The summed E-state index contributed by atoms with van der Waals surface area (Å²) < 4.78 is 0. The molecule has 3 N–H and O–H groups in total. The average Bonchev–Trinajstić information content (AvgIpc) is 3.63. The van der Waals surface area contributed by atoms with Crippen LogP contribution in [0.4, 0.5) is 5.69 Å². The van der Waals surface area contributed by atoms with Gasteiger partial charge in [0.15, 0.2) is 0 Å². The minimum absolute atomic E-state index is 0.0890. The first kappa shape index (κ1) is 21.7. The summed E-state index contributed by atoms with van der Waals surface area (Å²) in [6, 6.07) is 7.63. The number of piperidine rings is 1. The number of anilines is 1. The van der Waals surface area contributed by atoms with Gasteiger partial charge in [-0.1, -0.05) is 12.1 Å². The van der Waals surface area contributed by atoms with Gasteiger partial charge in [0.1, 0.15) is 11.9 Å². The van der Waals surface area contributed by atoms with Crippen molar-refractivity contribution in [3.8, 4) is 0 Å². The smallest absolute Gasteiger partial charge is 0.255 e. The highest BCUT2D eigenvalue weighted by molar-refractivity contribution is 6.00. The first-order valence-corrected chi connectivity index (χ1v) is 10.9. The Hall–Kier alpha value is -3.49. The fourth-order valence-corrected chi connectivity index (χ4v) is 4.10. The minimum Gasteiger partial charge on any atom is -0.371 e. The van der Waals surface area contributed by atoms with E-state index in [0.29, 0.717) is 36.4 Å². The first-order chi connectivity index (χ1) is 15.5. The van der Waals surface area contributed by atoms with Crippen LogP contribution in [-0.2, 0) is 4.79 Å². The van der Waals surface area contributed by atoms with Crippen LogP contribution in [-0.4, -0.2) is 59.9 Å². The second kappa shape index (κ2) is 9.33. The van der Waals surface area contributed by atoms with Crippen LogP contribution in [0.1, 0.15) is 46.4 Å². The van der Waals surface area contributed by atoms with E-state index in [2.05, 4.69) is 30.8 Å². The Kier molecular flexibility index (Phi) is 6.34. The third kappa shape index (κ3) is 4.71. The van der Waals surface area contributed by atoms with Crippen LogP contribution >= 0.6 is 0 Å². The van der Waals surface area contributed by atoms with Crippen LogP contribution < -0.4 is 20.9 Å². The molecular weight excluding hydrogens is 408 g/mol. The van der Waals surface area contributed by atoms with Crippen LogP contribution in [0.3, 0.4) is 0 Å². The number of para-hydroxylation sites is 1. The van der Waals surface area contributed by atoms with Crippen molar-refractivity contribution in [2.45, 2.75) is 31.2 Å². The molecule has 0 unspecified atom stereocenters. The lowest BCUT2D eigenvalue weighted by atomic mass is 9.95. The summed E-state index contributed by atoms with van der Waals surface area (Å²) in [5.41, 5.74) is 1.15. The number of rotatable bonds is 7. The number of hydrogen-bond donors (Lipinski definition) is 3. The van der Waals surface area contributed by atoms with Gasteiger partial charge in [0, 0.05) is 44.8 Å². The first-order valence-electron chi connectivity index (χ1n) is 10.9. The molecule has 1 saturated carbocycles. The Morgan fingerprint density at radius 1 is 1.06 bits per heavy atom. The van der Waals surface area contributed by atoms with Crippen LogP contribution in [0, 0.1) is 5.92 Å². The number of carbonyl (C=O) groups excluding carboxylic acids is 3. The van der Waals surface area contributed by atoms with E-state index in [0.717, 1.165) is 31.6 Å². The molecule has 2 aromatic rings. The number of benzene rings is 1. The maximum atomic E-state index is 12.8. The van der Waals surface area contributed by atoms with E-state index < -0.39 is 5.54 Å². The maximum absolute atomic E-state index is 12.8. The number of nitrogens with zero attached hydrogens (tertiary/aromatic N) is 3. The highest BCUT2D eigenvalue weighted by Crippen LogP contribution is 2.36. The summed E-state index contributed by atoms with van der Waals surface area (Å²) in [5, 5.41) is 8.58. The molecule has 0 radical (unpaired) electrons. The van der Waals surface area contributed by atoms with Crippen molar-refractivity contribution in [3.05, 3.63) is 54.1 Å². The molecule has 4 rings (SSSR count). The Morgan fingerprint density at radius 2 is 1.75 bits per heavy atom. The topological polar surface area (TPSA) is 116 Å². The van der Waals surface area contributed by atoms with Gasteiger partial charge in [-0.2, -0.15) is 0 Å². The van der Waals surface area contributed by atoms with E-state index in [1.807, 2.05) is 24.3 Å². The molecule has 3 amide bonds. The zero-order valence-corrected chi connectivity index (χ0v) is 18.1. The summed E-state index contributed by atoms with van der Waals surface area (Å²) in [6.07, 6.45) is 7.34. The quantitative estimate of drug-likeness (QED) is 0.599. The lowest BCUT2D eigenvalue weighted by Gasteiger charge is -2.34. The van der Waals surface area contributed by atoms with Crippen LogP contribution in [0.25, 0.3) is 0 Å². The van der Waals surface area contributed by atoms with Gasteiger partial charge in [-0.3, -0.25) is 14.4 Å². The molecule has 168 valence electrons. The minimum atomic E-state index is -0.819. The summed E-state index contributed by atoms with van der Waals surface area (Å²) in [7, 11) is 1.64. The molecule has 1 aromatic heterocycles. The Balaban J connectivity index is 1.27. The molecule has 9 heteroatoms. The monoisotopic (exact) mass is 436 g/mol. The predicted molar refractivity (Wildman–Crippen MR) is 119 cm³/mol. The molecule has 32 heavy (non-hydrogen) atoms. The van der Waals surface area contributed by atoms with Gasteiger partial charge in [-0.05, 0) is 43.7 Å². The third-order valence-corrected chi connectivity index (χ3v) is 6.24. The van der Waals surface area contributed by atoms with Crippen LogP contribution in [0.2, 0.25) is 0 Å². The van der Waals surface area contributed by atoms with Crippen molar-refractivity contribution in [1.29, 1.82) is 0 Å². The van der Waals surface area contributed by atoms with Gasteiger partial charge < -0.3 is 20.9 Å². The van der Waals surface area contributed by atoms with E-state index >= 15 is 0 Å². The largest absolute Gasteiger partial charge is 0.371 e. The predicted octanol–water partition coefficient (Wildman–Crippen LogP) is 1.13. The number of amides is 3. The fraction of sp³-hybridized carbons (Fsp3) is 0.435. The lowest BCUT2D eigenvalue weighted by Crippen LogP contribution is -2.50. The summed E-state index contributed by atoms with van der Waals surface area (Å²) in [4.78, 5) is 47.2. The third-order valence-electron chi connectivity index (χ3n) is 6.24. The molecule has 0 spiro atoms. The number of hydrogen-bond acceptors (Lipinski definition) is 6. The van der Waals surface area contributed by atoms with E-state index in [9.17, 15) is 14.4 Å². The van der Waals surface area contributed by atoms with E-state index in [1.165, 1.54) is 18.7 Å². The standard InChI is InChI=1S/C23H28N6O3/c1-24-21(31)18-4-2-3-5-19(18)29-10-6-16(7-11-29)12-27-22(32)23(8-9-23)28-20(30)17-13-25-15-26-14-17/h2-5,13-16H,6-12H2,1H3,(H,24,31)(H,27,32)(H,28,30). The molecule has 2 heterocycles. The highest BCUT2D eigenvalue weighted by Gasteiger charge is 2.51. The normalized spacial score (nSPS) is 17.3. The molecule has 0 bridgehead atoms. The Morgan fingerprint density at radius 3 is 2.41 bits per heavy atom. The van der Waals surface area contributed by atoms with E-state index in [-0.39, 0.29) is 17.7 Å². The maximum Gasteiger partial charge on any atom is 0.255 e. The molecule has 1 aliphatic heterocycles. The Labute approximate surface area is 187 Å². The van der Waals surface area contributed by atoms with Crippen molar-refractivity contribution >= 4 is 23.4 Å². The molecule has 2 fully saturated rings. The van der Waals surface area contributed by atoms with Crippen LogP contribution in [0.15, 0.2) is 43.0 Å². The number of carbonyl (C=O) groups is 3. The lowest BCUT2D eigenvalue weighted by molar-refractivity contribution is -0.124. The van der Waals surface area contributed by atoms with Crippen molar-refractivity contribution in [2.75, 3.05) is 31.6 Å². The van der Waals surface area contributed by atoms with Gasteiger partial charge in [-0.15, -0.1) is 0 Å². The summed E-state index contributed by atoms with van der Waals surface area (Å²) in [5.74, 6) is -0.193. The molecule has 1 saturated heterocycles. The summed E-state index contributed by atoms with van der Waals surface area (Å²) in [6.45, 7) is 2.23.